The Bertz CT molecular complexity index is 219. The van der Waals surface area contributed by atoms with E-state index in [1.54, 1.807) is 0 Å². The molecular weight excluding hydrogens is 136 g/mol. The Kier molecular flexibility index (Phi) is 4.30. The largest absolute Gasteiger partial charge is 0.399 e. The van der Waals surface area contributed by atoms with E-state index in [4.69, 9.17) is 5.73 Å². The summed E-state index contributed by atoms with van der Waals surface area (Å²) in [7, 11) is 1.50. The van der Waals surface area contributed by atoms with Gasteiger partial charge < -0.3 is 11.5 Å². The molecule has 1 rings (SSSR count). The molecule has 0 aliphatic carbocycles. The first-order valence-corrected chi connectivity index (χ1v) is 3.60. The number of benzene rings is 1. The summed E-state index contributed by atoms with van der Waals surface area (Å²) in [6, 6.07) is 5.93. The first-order chi connectivity index (χ1) is 5.20. The van der Waals surface area contributed by atoms with E-state index in [2.05, 4.69) is 19.6 Å². The number of anilines is 1. The molecule has 2 nitrogen and oxygen atoms in total. The molecule has 0 spiro atoms. The van der Waals surface area contributed by atoms with Crippen LogP contribution < -0.4 is 11.5 Å². The monoisotopic (exact) mass is 152 g/mol. The molecule has 0 aliphatic rings. The van der Waals surface area contributed by atoms with Gasteiger partial charge >= 0.3 is 0 Å². The van der Waals surface area contributed by atoms with Gasteiger partial charge in [-0.05, 0) is 44.2 Å². The Morgan fingerprint density at radius 3 is 1.91 bits per heavy atom. The van der Waals surface area contributed by atoms with E-state index in [0.717, 1.165) is 5.69 Å². The van der Waals surface area contributed by atoms with E-state index in [9.17, 15) is 0 Å². The first kappa shape index (κ1) is 9.98. The fourth-order valence-electron chi connectivity index (χ4n) is 0.765. The van der Waals surface area contributed by atoms with Crippen LogP contribution in [0.25, 0.3) is 0 Å². The summed E-state index contributed by atoms with van der Waals surface area (Å²) < 4.78 is 0. The minimum absolute atomic E-state index is 0.845. The van der Waals surface area contributed by atoms with Gasteiger partial charge in [0.1, 0.15) is 0 Å². The highest BCUT2D eigenvalue weighted by Crippen LogP contribution is 2.09. The Morgan fingerprint density at radius 2 is 1.55 bits per heavy atom. The topological polar surface area (TPSA) is 52.0 Å². The van der Waals surface area contributed by atoms with Crippen molar-refractivity contribution in [3.63, 3.8) is 0 Å². The third kappa shape index (κ3) is 3.05. The molecule has 0 radical (unpaired) electrons. The number of rotatable bonds is 0. The molecule has 2 heteroatoms. The van der Waals surface area contributed by atoms with Crippen LogP contribution in [-0.4, -0.2) is 7.05 Å². The van der Waals surface area contributed by atoms with Crippen LogP contribution >= 0.6 is 0 Å². The maximum atomic E-state index is 5.53. The van der Waals surface area contributed by atoms with Gasteiger partial charge in [-0.3, -0.25) is 0 Å². The lowest BCUT2D eigenvalue weighted by Gasteiger charge is -1.98. The summed E-state index contributed by atoms with van der Waals surface area (Å²) in [5.41, 5.74) is 13.4. The van der Waals surface area contributed by atoms with Crippen LogP contribution in [0.4, 0.5) is 5.69 Å². The van der Waals surface area contributed by atoms with Gasteiger partial charge in [0.15, 0.2) is 0 Å². The smallest absolute Gasteiger partial charge is 0.0316 e. The molecular formula is C9H16N2. The van der Waals surface area contributed by atoms with E-state index in [0.29, 0.717) is 0 Å². The Labute approximate surface area is 68.2 Å². The SMILES string of the molecule is CN.Cc1ccc(N)cc1C. The molecule has 0 bridgehead atoms. The number of hydrogen-bond acceptors (Lipinski definition) is 2. The summed E-state index contributed by atoms with van der Waals surface area (Å²) in [5, 5.41) is 0. The molecule has 0 amide bonds. The standard InChI is InChI=1S/C8H11N.CH5N/c1-6-3-4-8(9)5-7(6)2;1-2/h3-5H,9H2,1-2H3;2H2,1H3. The third-order valence-electron chi connectivity index (χ3n) is 1.53. The zero-order chi connectivity index (χ0) is 8.85. The molecule has 0 atom stereocenters. The average Bonchev–Trinajstić information content (AvgIpc) is 2.02. The second-order valence-corrected chi connectivity index (χ2v) is 2.34. The van der Waals surface area contributed by atoms with Crippen molar-refractivity contribution in [3.05, 3.63) is 29.3 Å². The van der Waals surface area contributed by atoms with Crippen molar-refractivity contribution in [1.29, 1.82) is 0 Å². The van der Waals surface area contributed by atoms with Gasteiger partial charge in [0.05, 0.1) is 0 Å². The van der Waals surface area contributed by atoms with Gasteiger partial charge in [-0.25, -0.2) is 0 Å². The molecule has 0 aliphatic heterocycles. The predicted octanol–water partition coefficient (Wildman–Crippen LogP) is 1.46. The fourth-order valence-corrected chi connectivity index (χ4v) is 0.765. The number of aryl methyl sites for hydroxylation is 2. The van der Waals surface area contributed by atoms with Gasteiger partial charge in [0, 0.05) is 5.69 Å². The van der Waals surface area contributed by atoms with Gasteiger partial charge in [0.2, 0.25) is 0 Å². The highest BCUT2D eigenvalue weighted by molar-refractivity contribution is 5.43. The second kappa shape index (κ2) is 4.74. The molecule has 0 saturated carbocycles. The van der Waals surface area contributed by atoms with Crippen molar-refractivity contribution >= 4 is 5.69 Å². The summed E-state index contributed by atoms with van der Waals surface area (Å²) in [6.07, 6.45) is 0. The molecule has 0 aromatic heterocycles. The maximum Gasteiger partial charge on any atom is 0.0316 e. The Balaban J connectivity index is 0.000000461. The Hall–Kier alpha value is -1.02. The average molecular weight is 152 g/mol. The van der Waals surface area contributed by atoms with Crippen molar-refractivity contribution < 1.29 is 0 Å². The van der Waals surface area contributed by atoms with Crippen LogP contribution in [0.1, 0.15) is 11.1 Å². The zero-order valence-corrected chi connectivity index (χ0v) is 7.39. The summed E-state index contributed by atoms with van der Waals surface area (Å²) in [6.45, 7) is 4.14. The molecule has 0 unspecified atom stereocenters. The molecule has 4 N–H and O–H groups in total. The van der Waals surface area contributed by atoms with E-state index in [1.807, 2.05) is 18.2 Å². The Morgan fingerprint density at radius 1 is 1.00 bits per heavy atom. The third-order valence-corrected chi connectivity index (χ3v) is 1.53. The molecule has 0 saturated heterocycles. The predicted molar refractivity (Wildman–Crippen MR) is 50.4 cm³/mol. The first-order valence-electron chi connectivity index (χ1n) is 3.60. The second-order valence-electron chi connectivity index (χ2n) is 2.34. The number of hydrogen-bond donors (Lipinski definition) is 2. The van der Waals surface area contributed by atoms with Crippen molar-refractivity contribution in [2.75, 3.05) is 12.8 Å². The van der Waals surface area contributed by atoms with E-state index >= 15 is 0 Å². The van der Waals surface area contributed by atoms with Gasteiger partial charge in [-0.1, -0.05) is 6.07 Å². The van der Waals surface area contributed by atoms with Crippen molar-refractivity contribution in [3.8, 4) is 0 Å². The lowest BCUT2D eigenvalue weighted by molar-refractivity contribution is 1.34. The van der Waals surface area contributed by atoms with Crippen LogP contribution in [0.5, 0.6) is 0 Å². The lowest BCUT2D eigenvalue weighted by atomic mass is 10.1. The van der Waals surface area contributed by atoms with Crippen molar-refractivity contribution in [2.45, 2.75) is 13.8 Å². The van der Waals surface area contributed by atoms with E-state index < -0.39 is 0 Å². The van der Waals surface area contributed by atoms with Gasteiger partial charge in [-0.15, -0.1) is 0 Å². The normalized spacial score (nSPS) is 8.36. The van der Waals surface area contributed by atoms with Crippen LogP contribution in [0.2, 0.25) is 0 Å². The van der Waals surface area contributed by atoms with Gasteiger partial charge in [0.25, 0.3) is 0 Å². The van der Waals surface area contributed by atoms with Crippen molar-refractivity contribution in [2.24, 2.45) is 5.73 Å². The highest BCUT2D eigenvalue weighted by atomic mass is 14.5. The van der Waals surface area contributed by atoms with Crippen LogP contribution in [0.15, 0.2) is 18.2 Å². The molecule has 1 aromatic carbocycles. The summed E-state index contributed by atoms with van der Waals surface area (Å²) in [4.78, 5) is 0. The summed E-state index contributed by atoms with van der Waals surface area (Å²) >= 11 is 0. The number of nitrogen functional groups attached to an aromatic ring is 1. The lowest BCUT2D eigenvalue weighted by Crippen LogP contribution is -1.86. The van der Waals surface area contributed by atoms with Gasteiger partial charge in [-0.2, -0.15) is 0 Å². The van der Waals surface area contributed by atoms with E-state index in [1.165, 1.54) is 18.2 Å². The molecule has 0 fully saturated rings. The van der Waals surface area contributed by atoms with E-state index in [-0.39, 0.29) is 0 Å². The minimum atomic E-state index is 0.845. The van der Waals surface area contributed by atoms with Crippen LogP contribution in [-0.2, 0) is 0 Å². The molecule has 11 heavy (non-hydrogen) atoms. The molecule has 62 valence electrons. The maximum absolute atomic E-state index is 5.53. The highest BCUT2D eigenvalue weighted by Gasteiger charge is 1.89. The molecule has 0 heterocycles. The minimum Gasteiger partial charge on any atom is -0.399 e. The quantitative estimate of drug-likeness (QED) is 0.553. The zero-order valence-electron chi connectivity index (χ0n) is 7.39. The fraction of sp³-hybridized carbons (Fsp3) is 0.333. The van der Waals surface area contributed by atoms with Crippen LogP contribution in [0, 0.1) is 13.8 Å². The number of nitrogens with two attached hydrogens (primary N) is 2. The van der Waals surface area contributed by atoms with Crippen molar-refractivity contribution in [1.82, 2.24) is 0 Å². The molecule has 1 aromatic rings. The van der Waals surface area contributed by atoms with Crippen LogP contribution in [0.3, 0.4) is 0 Å². The summed E-state index contributed by atoms with van der Waals surface area (Å²) in [5.74, 6) is 0.